The molecule has 0 radical (unpaired) electrons. The molecule has 0 amide bonds. The Bertz CT molecular complexity index is 1160. The number of nitrogens with zero attached hydrogens (tertiary/aromatic N) is 8. The molecular formula is C36H40N8O3S3. The number of rotatable bonds is 0. The molecule has 14 heteroatoms. The molecule has 0 atom stereocenters. The first kappa shape index (κ1) is 42.3. The van der Waals surface area contributed by atoms with Gasteiger partial charge in [0.1, 0.15) is 12.5 Å². The third kappa shape index (κ3) is 36.8. The summed E-state index contributed by atoms with van der Waals surface area (Å²) in [7, 11) is 0. The van der Waals surface area contributed by atoms with Gasteiger partial charge in [-0.2, -0.15) is 21.6 Å². The van der Waals surface area contributed by atoms with Crippen molar-refractivity contribution in [3.05, 3.63) is 181 Å². The highest BCUT2D eigenvalue weighted by Crippen LogP contribution is 1.93. The molecule has 0 saturated carbocycles. The van der Waals surface area contributed by atoms with E-state index < -0.39 is 0 Å². The molecule has 0 fully saturated rings. The molecule has 6 aromatic heterocycles. The van der Waals surface area contributed by atoms with Crippen molar-refractivity contribution in [3.8, 4) is 0 Å². The molecule has 9 heterocycles. The molecule has 10 rings (SSSR count). The molecule has 260 valence electrons. The van der Waals surface area contributed by atoms with Gasteiger partial charge in [0.05, 0.1) is 43.5 Å². The third-order valence-electron chi connectivity index (χ3n) is 4.41. The fourth-order valence-corrected chi connectivity index (χ4v) is 3.55. The highest BCUT2D eigenvalue weighted by molar-refractivity contribution is 7.07. The minimum absolute atomic E-state index is 0.778. The Balaban J connectivity index is 0.000000278. The smallest absolute Gasteiger partial charge is 0.180 e. The van der Waals surface area contributed by atoms with E-state index in [2.05, 4.69) is 77.1 Å². The van der Waals surface area contributed by atoms with Crippen LogP contribution in [0.5, 0.6) is 0 Å². The minimum atomic E-state index is 0.778. The first-order chi connectivity index (χ1) is 25.0. The van der Waals surface area contributed by atoms with Gasteiger partial charge in [0.25, 0.3) is 0 Å². The van der Waals surface area contributed by atoms with Crippen LogP contribution in [0.4, 0.5) is 0 Å². The summed E-state index contributed by atoms with van der Waals surface area (Å²) >= 11 is 4.78. The topological polar surface area (TPSA) is 140 Å². The fraction of sp³-hybridized carbons (Fsp3) is 0.111. The van der Waals surface area contributed by atoms with Crippen molar-refractivity contribution < 1.29 is 13.3 Å². The van der Waals surface area contributed by atoms with Crippen LogP contribution in [0.25, 0.3) is 0 Å². The molecule has 0 saturated heterocycles. The number of hydrogen-bond donors (Lipinski definition) is 0. The van der Waals surface area contributed by atoms with Gasteiger partial charge in [-0.1, -0.05) is 48.6 Å². The quantitative estimate of drug-likeness (QED) is 0.152. The second kappa shape index (κ2) is 39.5. The van der Waals surface area contributed by atoms with Crippen LogP contribution in [0.1, 0.15) is 12.8 Å². The van der Waals surface area contributed by atoms with E-state index in [1.807, 2.05) is 82.4 Å². The summed E-state index contributed by atoms with van der Waals surface area (Å²) in [4.78, 5) is 18.5. The van der Waals surface area contributed by atoms with Crippen LogP contribution in [0.2, 0.25) is 0 Å². The molecule has 0 N–H and O–H groups in total. The standard InChI is InChI=1S/C5H6.2C4H5N.C4H4O.C4H4S.C3H4N2.2C3H3NO.2C3H3NS/c6*1-2-4-5-3-1;3*1-2-5-3-4-1;1-2-4-5-3-1/h1-4H,5H2;1,3-4H,2H2;1-3H,4H2;2*1-4H;1-2H,3H2;4*1-3H. The maximum Gasteiger partial charge on any atom is 0.180 e. The Morgan fingerprint density at radius 2 is 1.32 bits per heavy atom. The summed E-state index contributed by atoms with van der Waals surface area (Å²) < 4.78 is 17.3. The number of hydrogen-bond acceptors (Lipinski definition) is 14. The zero-order chi connectivity index (χ0) is 35.4. The van der Waals surface area contributed by atoms with Gasteiger partial charge in [0.15, 0.2) is 12.8 Å². The highest BCUT2D eigenvalue weighted by Gasteiger charge is 1.75. The van der Waals surface area contributed by atoms with Gasteiger partial charge < -0.3 is 13.3 Å². The van der Waals surface area contributed by atoms with Gasteiger partial charge in [-0.05, 0) is 59.1 Å². The van der Waals surface area contributed by atoms with E-state index >= 15 is 0 Å². The van der Waals surface area contributed by atoms with Gasteiger partial charge in [-0.3, -0.25) is 15.0 Å². The zero-order valence-corrected chi connectivity index (χ0v) is 29.8. The number of allylic oxidation sites excluding steroid dienone is 6. The SMILES string of the molecule is C1=CCC=C1.C1=CCN=C1.C1=CN=CC1.C1=CN=NC1.c1ccoc1.c1ccsc1.c1cnsc1.c1cocn1.c1cocn1.c1cscn1. The molecule has 0 aromatic carbocycles. The van der Waals surface area contributed by atoms with Crippen LogP contribution in [-0.4, -0.2) is 44.8 Å². The predicted molar refractivity (Wildman–Crippen MR) is 207 cm³/mol. The van der Waals surface area contributed by atoms with Crippen molar-refractivity contribution in [2.45, 2.75) is 12.8 Å². The van der Waals surface area contributed by atoms with E-state index in [0.717, 1.165) is 25.9 Å². The number of aliphatic imine (C=N–C) groups is 2. The minimum Gasteiger partial charge on any atom is -0.473 e. The molecule has 1 aliphatic carbocycles. The zero-order valence-electron chi connectivity index (χ0n) is 27.3. The summed E-state index contributed by atoms with van der Waals surface area (Å²) in [6.45, 7) is 1.67. The monoisotopic (exact) mass is 728 g/mol. The number of thiophene rings is 1. The average Bonchev–Trinajstić information content (AvgIpc) is 4.08. The Morgan fingerprint density at radius 1 is 0.540 bits per heavy atom. The van der Waals surface area contributed by atoms with E-state index in [9.17, 15) is 0 Å². The largest absolute Gasteiger partial charge is 0.473 e. The van der Waals surface area contributed by atoms with E-state index in [1.54, 1.807) is 84.1 Å². The third-order valence-corrected chi connectivity index (χ3v) is 6.09. The lowest BCUT2D eigenvalue weighted by Gasteiger charge is -1.60. The van der Waals surface area contributed by atoms with Gasteiger partial charge in [-0.25, -0.2) is 14.3 Å². The first-order valence-corrected chi connectivity index (χ1v) is 17.6. The maximum atomic E-state index is 4.58. The number of azo groups is 1. The predicted octanol–water partition coefficient (Wildman–Crippen LogP) is 10.7. The fourth-order valence-electron chi connectivity index (χ4n) is 2.39. The lowest BCUT2D eigenvalue weighted by Crippen LogP contribution is -1.54. The van der Waals surface area contributed by atoms with Crippen molar-refractivity contribution in [3.63, 3.8) is 0 Å². The van der Waals surface area contributed by atoms with Gasteiger partial charge in [-0.15, -0.1) is 11.3 Å². The first-order valence-electron chi connectivity index (χ1n) is 14.9. The molecule has 11 nitrogen and oxygen atoms in total. The van der Waals surface area contributed by atoms with Crippen molar-refractivity contribution in [1.29, 1.82) is 0 Å². The summed E-state index contributed by atoms with van der Waals surface area (Å²) in [6.07, 6.45) is 41.3. The van der Waals surface area contributed by atoms with E-state index in [4.69, 9.17) is 0 Å². The van der Waals surface area contributed by atoms with Crippen molar-refractivity contribution >= 4 is 46.6 Å². The highest BCUT2D eigenvalue weighted by atomic mass is 32.1. The molecule has 3 aliphatic heterocycles. The Kier molecular flexibility index (Phi) is 33.4. The van der Waals surface area contributed by atoms with Crippen LogP contribution in [-0.2, 0) is 0 Å². The summed E-state index contributed by atoms with van der Waals surface area (Å²) in [6, 6.07) is 9.61. The number of furan rings is 1. The molecule has 0 bridgehead atoms. The molecule has 50 heavy (non-hydrogen) atoms. The van der Waals surface area contributed by atoms with Gasteiger partial charge >= 0.3 is 0 Å². The summed E-state index contributed by atoms with van der Waals surface area (Å²) in [5.41, 5.74) is 1.79. The Morgan fingerprint density at radius 3 is 1.50 bits per heavy atom. The molecule has 0 unspecified atom stereocenters. The summed E-state index contributed by atoms with van der Waals surface area (Å²) in [5, 5.41) is 15.1. The van der Waals surface area contributed by atoms with Crippen LogP contribution < -0.4 is 0 Å². The van der Waals surface area contributed by atoms with Crippen molar-refractivity contribution in [1.82, 2.24) is 19.3 Å². The Labute approximate surface area is 305 Å². The van der Waals surface area contributed by atoms with Crippen LogP contribution in [0.15, 0.2) is 214 Å². The average molecular weight is 729 g/mol. The second-order valence-corrected chi connectivity index (χ2v) is 10.4. The number of oxazole rings is 2. The van der Waals surface area contributed by atoms with E-state index in [1.165, 1.54) is 36.8 Å². The van der Waals surface area contributed by atoms with Crippen LogP contribution >= 0.6 is 34.2 Å². The van der Waals surface area contributed by atoms with Crippen LogP contribution in [0.3, 0.4) is 0 Å². The second-order valence-electron chi connectivity index (χ2n) is 8.11. The number of thiazole rings is 1. The van der Waals surface area contributed by atoms with Crippen LogP contribution in [0, 0.1) is 0 Å². The molecule has 0 spiro atoms. The van der Waals surface area contributed by atoms with Crippen molar-refractivity contribution in [2.24, 2.45) is 20.2 Å². The molecule has 4 aliphatic rings. The van der Waals surface area contributed by atoms with Gasteiger partial charge in [0.2, 0.25) is 0 Å². The lowest BCUT2D eigenvalue weighted by atomic mass is 10.5. The maximum absolute atomic E-state index is 4.58. The summed E-state index contributed by atoms with van der Waals surface area (Å²) in [5.74, 6) is 0. The molecular weight excluding hydrogens is 689 g/mol. The lowest BCUT2D eigenvalue weighted by molar-refractivity contribution is 0.557. The molecule has 6 aromatic rings. The normalized spacial score (nSPS) is 11.8. The number of aromatic nitrogens is 4. The van der Waals surface area contributed by atoms with E-state index in [0.29, 0.717) is 0 Å². The Hall–Kier alpha value is -5.70. The van der Waals surface area contributed by atoms with Gasteiger partial charge in [0, 0.05) is 54.4 Å². The van der Waals surface area contributed by atoms with E-state index in [-0.39, 0.29) is 0 Å². The van der Waals surface area contributed by atoms with Crippen molar-refractivity contribution in [2.75, 3.05) is 13.1 Å².